The zero-order valence-corrected chi connectivity index (χ0v) is 13.3. The summed E-state index contributed by atoms with van der Waals surface area (Å²) in [5.74, 6) is -0.131. The van der Waals surface area contributed by atoms with Gasteiger partial charge in [-0.15, -0.1) is 24.8 Å². The first-order chi connectivity index (χ1) is 8.15. The maximum Gasteiger partial charge on any atom is 0.271 e. The Morgan fingerprint density at radius 1 is 1.47 bits per heavy atom. The van der Waals surface area contributed by atoms with Gasteiger partial charge in [-0.25, -0.2) is 0 Å². The Balaban J connectivity index is 0.00000162. The van der Waals surface area contributed by atoms with Crippen molar-refractivity contribution < 1.29 is 4.79 Å². The van der Waals surface area contributed by atoms with Crippen molar-refractivity contribution in [1.29, 1.82) is 0 Å². The number of hydrogen-bond acceptors (Lipinski definition) is 3. The predicted molar refractivity (Wildman–Crippen MR) is 83.5 cm³/mol. The fourth-order valence-corrected chi connectivity index (χ4v) is 2.25. The van der Waals surface area contributed by atoms with E-state index in [4.69, 9.17) is 0 Å². The SMILES string of the molecule is Cl.Cl.O=C(CC1CCCN1)Nc1cc(Br)c[nH]c1=O. The van der Waals surface area contributed by atoms with Crippen LogP contribution in [0.15, 0.2) is 21.5 Å². The summed E-state index contributed by atoms with van der Waals surface area (Å²) in [5.41, 5.74) is -0.0108. The standard InChI is InChI=1S/C11H14BrN3O2.2ClH/c12-7-4-9(11(17)14-6-7)15-10(16)5-8-2-1-3-13-8;;/h4,6,8,13H,1-3,5H2,(H,14,17)(H,15,16);2*1H. The van der Waals surface area contributed by atoms with Gasteiger partial charge in [0.2, 0.25) is 5.91 Å². The largest absolute Gasteiger partial charge is 0.326 e. The molecule has 1 aliphatic heterocycles. The molecule has 1 fully saturated rings. The first kappa shape index (κ1) is 18.4. The Morgan fingerprint density at radius 2 is 2.21 bits per heavy atom. The van der Waals surface area contributed by atoms with Crippen molar-refractivity contribution in [3.63, 3.8) is 0 Å². The van der Waals surface area contributed by atoms with E-state index in [1.165, 1.54) is 6.20 Å². The van der Waals surface area contributed by atoms with E-state index < -0.39 is 0 Å². The highest BCUT2D eigenvalue weighted by molar-refractivity contribution is 9.10. The molecule has 3 N–H and O–H groups in total. The molecule has 19 heavy (non-hydrogen) atoms. The van der Waals surface area contributed by atoms with Crippen LogP contribution in [0.2, 0.25) is 0 Å². The highest BCUT2D eigenvalue weighted by Gasteiger charge is 2.18. The molecule has 8 heteroatoms. The second-order valence-electron chi connectivity index (χ2n) is 4.11. The zero-order valence-electron chi connectivity index (χ0n) is 10.1. The van der Waals surface area contributed by atoms with Crippen molar-refractivity contribution in [2.75, 3.05) is 11.9 Å². The van der Waals surface area contributed by atoms with Gasteiger partial charge in [0.05, 0.1) is 0 Å². The molecule has 5 nitrogen and oxygen atoms in total. The van der Waals surface area contributed by atoms with Gasteiger partial charge >= 0.3 is 0 Å². The number of carbonyl (C=O) groups excluding carboxylic acids is 1. The number of nitrogens with one attached hydrogen (secondary N) is 3. The topological polar surface area (TPSA) is 74.0 Å². The molecule has 1 unspecified atom stereocenters. The molecular formula is C11H16BrCl2N3O2. The van der Waals surface area contributed by atoms with E-state index in [2.05, 4.69) is 31.5 Å². The number of aromatic amines is 1. The molecule has 1 saturated heterocycles. The van der Waals surface area contributed by atoms with Crippen LogP contribution >= 0.6 is 40.7 Å². The summed E-state index contributed by atoms with van der Waals surface area (Å²) < 4.78 is 0.728. The smallest absolute Gasteiger partial charge is 0.271 e. The van der Waals surface area contributed by atoms with Crippen LogP contribution in [-0.4, -0.2) is 23.5 Å². The van der Waals surface area contributed by atoms with Gasteiger partial charge < -0.3 is 15.6 Å². The number of aromatic nitrogens is 1. The summed E-state index contributed by atoms with van der Waals surface area (Å²) in [7, 11) is 0. The predicted octanol–water partition coefficient (Wildman–Crippen LogP) is 2.06. The zero-order chi connectivity index (χ0) is 12.3. The van der Waals surface area contributed by atoms with E-state index in [-0.39, 0.29) is 48.0 Å². The molecule has 1 amide bonds. The minimum Gasteiger partial charge on any atom is -0.326 e. The molecule has 0 saturated carbocycles. The number of halogens is 3. The number of pyridine rings is 1. The Morgan fingerprint density at radius 3 is 2.84 bits per heavy atom. The van der Waals surface area contributed by atoms with Crippen LogP contribution in [0.5, 0.6) is 0 Å². The number of carbonyl (C=O) groups is 1. The summed E-state index contributed by atoms with van der Waals surface area (Å²) in [6.45, 7) is 0.968. The molecule has 108 valence electrons. The summed E-state index contributed by atoms with van der Waals surface area (Å²) in [4.78, 5) is 25.7. The molecule has 1 aliphatic rings. The van der Waals surface area contributed by atoms with E-state index in [0.29, 0.717) is 6.42 Å². The van der Waals surface area contributed by atoms with Crippen molar-refractivity contribution >= 4 is 52.3 Å². The molecule has 0 aromatic carbocycles. The second-order valence-corrected chi connectivity index (χ2v) is 5.02. The highest BCUT2D eigenvalue weighted by Crippen LogP contribution is 2.12. The molecule has 1 atom stereocenters. The summed E-state index contributed by atoms with van der Waals surface area (Å²) in [6.07, 6.45) is 4.07. The molecule has 2 rings (SSSR count). The van der Waals surface area contributed by atoms with Crippen LogP contribution < -0.4 is 16.2 Å². The normalized spacial score (nSPS) is 17.2. The second kappa shape index (κ2) is 8.58. The van der Waals surface area contributed by atoms with Gasteiger partial charge in [-0.1, -0.05) is 0 Å². The van der Waals surface area contributed by atoms with Crippen LogP contribution in [0.25, 0.3) is 0 Å². The van der Waals surface area contributed by atoms with Crippen molar-refractivity contribution in [2.24, 2.45) is 0 Å². The lowest BCUT2D eigenvalue weighted by atomic mass is 10.1. The van der Waals surface area contributed by atoms with Crippen LogP contribution in [0, 0.1) is 0 Å². The maximum atomic E-state index is 11.7. The number of anilines is 1. The van der Waals surface area contributed by atoms with E-state index in [1.54, 1.807) is 6.07 Å². The van der Waals surface area contributed by atoms with E-state index in [1.807, 2.05) is 0 Å². The van der Waals surface area contributed by atoms with Crippen molar-refractivity contribution in [3.05, 3.63) is 27.1 Å². The summed E-state index contributed by atoms with van der Waals surface area (Å²) in [6, 6.07) is 1.83. The minimum absolute atomic E-state index is 0. The number of H-pyrrole nitrogens is 1. The lowest BCUT2D eigenvalue weighted by Crippen LogP contribution is -2.29. The van der Waals surface area contributed by atoms with Crippen LogP contribution in [0.4, 0.5) is 5.69 Å². The molecule has 0 radical (unpaired) electrons. The third-order valence-electron chi connectivity index (χ3n) is 2.74. The molecule has 0 bridgehead atoms. The highest BCUT2D eigenvalue weighted by atomic mass is 79.9. The lowest BCUT2D eigenvalue weighted by Gasteiger charge is -2.09. The molecule has 0 aliphatic carbocycles. The Bertz CT molecular complexity index is 475. The molecule has 1 aromatic heterocycles. The third kappa shape index (κ3) is 5.52. The fraction of sp³-hybridized carbons (Fsp3) is 0.455. The number of rotatable bonds is 3. The number of amides is 1. The van der Waals surface area contributed by atoms with Crippen LogP contribution in [0.1, 0.15) is 19.3 Å². The van der Waals surface area contributed by atoms with E-state index in [0.717, 1.165) is 23.9 Å². The van der Waals surface area contributed by atoms with Gasteiger partial charge in [-0.3, -0.25) is 9.59 Å². The average Bonchev–Trinajstić information content (AvgIpc) is 2.76. The fourth-order valence-electron chi connectivity index (χ4n) is 1.91. The van der Waals surface area contributed by atoms with E-state index >= 15 is 0 Å². The lowest BCUT2D eigenvalue weighted by molar-refractivity contribution is -0.116. The molecule has 1 aromatic rings. The van der Waals surface area contributed by atoms with Gasteiger partial charge in [0.1, 0.15) is 5.69 Å². The van der Waals surface area contributed by atoms with Crippen LogP contribution in [0.3, 0.4) is 0 Å². The average molecular weight is 373 g/mol. The quantitative estimate of drug-likeness (QED) is 0.760. The van der Waals surface area contributed by atoms with Gasteiger partial charge in [-0.05, 0) is 41.4 Å². The Kier molecular flexibility index (Phi) is 8.33. The summed E-state index contributed by atoms with van der Waals surface area (Å²) >= 11 is 3.24. The molecular weight excluding hydrogens is 357 g/mol. The van der Waals surface area contributed by atoms with Gasteiger partial charge in [-0.2, -0.15) is 0 Å². The monoisotopic (exact) mass is 371 g/mol. The van der Waals surface area contributed by atoms with Crippen molar-refractivity contribution in [3.8, 4) is 0 Å². The maximum absolute atomic E-state index is 11.7. The van der Waals surface area contributed by atoms with Crippen molar-refractivity contribution in [1.82, 2.24) is 10.3 Å². The van der Waals surface area contributed by atoms with Gasteiger partial charge in [0, 0.05) is 23.1 Å². The number of hydrogen-bond donors (Lipinski definition) is 3. The van der Waals surface area contributed by atoms with Gasteiger partial charge in [0.25, 0.3) is 5.56 Å². The first-order valence-corrected chi connectivity index (χ1v) is 6.36. The molecule has 2 heterocycles. The third-order valence-corrected chi connectivity index (χ3v) is 3.19. The summed E-state index contributed by atoms with van der Waals surface area (Å²) in [5, 5.41) is 5.87. The molecule has 0 spiro atoms. The van der Waals surface area contributed by atoms with E-state index in [9.17, 15) is 9.59 Å². The van der Waals surface area contributed by atoms with Crippen LogP contribution in [-0.2, 0) is 4.79 Å². The Hall–Kier alpha value is -0.560. The van der Waals surface area contributed by atoms with Crippen molar-refractivity contribution in [2.45, 2.75) is 25.3 Å². The Labute approximate surface area is 131 Å². The van der Waals surface area contributed by atoms with Gasteiger partial charge in [0.15, 0.2) is 0 Å². The first-order valence-electron chi connectivity index (χ1n) is 5.56. The minimum atomic E-state index is -0.291.